The molecule has 0 amide bonds. The third kappa shape index (κ3) is 4.68. The minimum atomic E-state index is -1.59. The number of hydrogen-bond donors (Lipinski definition) is 1. The summed E-state index contributed by atoms with van der Waals surface area (Å²) in [7, 11) is 0. The highest BCUT2D eigenvalue weighted by Crippen LogP contribution is 2.15. The minimum Gasteiger partial charge on any atom is -0.475 e. The number of pyridine rings is 1. The van der Waals surface area contributed by atoms with Crippen LogP contribution in [0.25, 0.3) is 0 Å². The molecule has 1 N–H and O–H groups in total. The zero-order valence-corrected chi connectivity index (χ0v) is 11.9. The molecule has 112 valence electrons. The number of rotatable bonds is 7. The maximum Gasteiger partial charge on any atom is 0.377 e. The maximum absolute atomic E-state index is 11.5. The van der Waals surface area contributed by atoms with E-state index in [1.165, 1.54) is 18.3 Å². The smallest absolute Gasteiger partial charge is 0.377 e. The number of hydrogen-bond acceptors (Lipinski definition) is 7. The molecule has 8 heteroatoms. The van der Waals surface area contributed by atoms with Crippen LogP contribution in [-0.2, 0) is 9.63 Å². The van der Waals surface area contributed by atoms with Gasteiger partial charge >= 0.3 is 5.97 Å². The zero-order chi connectivity index (χ0) is 15.8. The van der Waals surface area contributed by atoms with Crippen molar-refractivity contribution in [3.8, 4) is 5.88 Å². The molecule has 0 radical (unpaired) electrons. The summed E-state index contributed by atoms with van der Waals surface area (Å²) in [5.41, 5.74) is 0.711. The Kier molecular flexibility index (Phi) is 5.99. The quantitative estimate of drug-likeness (QED) is 0.353. The van der Waals surface area contributed by atoms with E-state index in [2.05, 4.69) is 15.3 Å². The molecule has 8 nitrogen and oxygen atoms in total. The molecule has 0 unspecified atom stereocenters. The fourth-order valence-electron chi connectivity index (χ4n) is 1.16. The summed E-state index contributed by atoms with van der Waals surface area (Å²) in [5.74, 6) is -2.90. The third-order valence-corrected chi connectivity index (χ3v) is 2.33. The highest BCUT2D eigenvalue weighted by atomic mass is 16.6. The number of nitrogens with zero attached hydrogens (tertiary/aromatic N) is 3. The van der Waals surface area contributed by atoms with Crippen molar-refractivity contribution < 1.29 is 24.4 Å². The van der Waals surface area contributed by atoms with E-state index in [9.17, 15) is 9.59 Å². The van der Waals surface area contributed by atoms with Gasteiger partial charge in [0, 0.05) is 6.20 Å². The Morgan fingerprint density at radius 3 is 2.57 bits per heavy atom. The van der Waals surface area contributed by atoms with Crippen LogP contribution < -0.4 is 4.84 Å². The van der Waals surface area contributed by atoms with Crippen molar-refractivity contribution >= 4 is 23.2 Å². The summed E-state index contributed by atoms with van der Waals surface area (Å²) in [6, 6.07) is 2.73. The molecule has 0 atom stereocenters. The molecule has 0 aromatic carbocycles. The summed E-state index contributed by atoms with van der Waals surface area (Å²) in [6.45, 7) is 5.50. The number of aromatic nitrogens is 1. The number of Topliss-reactive ketones (excluding diaryl/α,β-unsaturated/α-hetero) is 1. The van der Waals surface area contributed by atoms with Gasteiger partial charge in [0.1, 0.15) is 18.0 Å². The van der Waals surface area contributed by atoms with E-state index >= 15 is 0 Å². The molecule has 1 aromatic rings. The summed E-state index contributed by atoms with van der Waals surface area (Å²) in [6.07, 6.45) is 1.36. The lowest BCUT2D eigenvalue weighted by atomic mass is 10.2. The molecular weight excluding hydrogens is 278 g/mol. The van der Waals surface area contributed by atoms with Crippen LogP contribution in [0.1, 0.15) is 31.1 Å². The van der Waals surface area contributed by atoms with Crippen LogP contribution in [0.4, 0.5) is 0 Å². The Morgan fingerprint density at radius 2 is 1.95 bits per heavy atom. The summed E-state index contributed by atoms with van der Waals surface area (Å²) in [5, 5.41) is 16.2. The molecule has 0 aliphatic heterocycles. The van der Waals surface area contributed by atoms with Crippen LogP contribution >= 0.6 is 0 Å². The standard InChI is InChI=1S/C13H15N3O5/c1-4-20-15-8(2)9(3)16-21-12-10(6-5-7-14-12)11(17)13(18)19/h5-7H,4H2,1-3H3,(H,18,19). The SMILES string of the molecule is CCON=C(C)C(C)=NOc1ncccc1C(=O)C(=O)O. The van der Waals surface area contributed by atoms with Crippen LogP contribution in [0, 0.1) is 0 Å². The Balaban J connectivity index is 2.94. The van der Waals surface area contributed by atoms with Gasteiger partial charge in [0.15, 0.2) is 0 Å². The molecule has 0 saturated heterocycles. The lowest BCUT2D eigenvalue weighted by molar-refractivity contribution is -0.131. The Labute approximate surface area is 121 Å². The van der Waals surface area contributed by atoms with E-state index in [1.807, 2.05) is 0 Å². The number of oxime groups is 2. The van der Waals surface area contributed by atoms with Crippen molar-refractivity contribution in [2.45, 2.75) is 20.8 Å². The van der Waals surface area contributed by atoms with Gasteiger partial charge in [-0.1, -0.05) is 10.3 Å². The first-order valence-electron chi connectivity index (χ1n) is 6.08. The first-order chi connectivity index (χ1) is 9.97. The van der Waals surface area contributed by atoms with Crippen molar-refractivity contribution in [1.82, 2.24) is 4.98 Å². The third-order valence-electron chi connectivity index (χ3n) is 2.33. The van der Waals surface area contributed by atoms with Gasteiger partial charge in [0.25, 0.3) is 11.7 Å². The van der Waals surface area contributed by atoms with Crippen molar-refractivity contribution in [2.75, 3.05) is 6.61 Å². The van der Waals surface area contributed by atoms with E-state index in [4.69, 9.17) is 14.8 Å². The molecule has 0 aliphatic carbocycles. The van der Waals surface area contributed by atoms with E-state index in [0.29, 0.717) is 18.0 Å². The van der Waals surface area contributed by atoms with E-state index in [-0.39, 0.29) is 11.4 Å². The molecule has 0 fully saturated rings. The second-order valence-corrected chi connectivity index (χ2v) is 3.85. The average molecular weight is 293 g/mol. The summed E-state index contributed by atoms with van der Waals surface area (Å²) in [4.78, 5) is 35.9. The number of carboxylic acids is 1. The fraction of sp³-hybridized carbons (Fsp3) is 0.308. The molecular formula is C13H15N3O5. The largest absolute Gasteiger partial charge is 0.475 e. The minimum absolute atomic E-state index is 0.180. The molecule has 1 aromatic heterocycles. The fourth-order valence-corrected chi connectivity index (χ4v) is 1.16. The Hall–Kier alpha value is -2.77. The monoisotopic (exact) mass is 293 g/mol. The Bertz CT molecular complexity index is 595. The van der Waals surface area contributed by atoms with Crippen LogP contribution in [0.3, 0.4) is 0 Å². The van der Waals surface area contributed by atoms with Crippen molar-refractivity contribution in [2.24, 2.45) is 10.3 Å². The van der Waals surface area contributed by atoms with Crippen molar-refractivity contribution in [3.63, 3.8) is 0 Å². The van der Waals surface area contributed by atoms with Gasteiger partial charge in [-0.25, -0.2) is 9.78 Å². The van der Waals surface area contributed by atoms with Crippen LogP contribution in [0.5, 0.6) is 5.88 Å². The molecule has 0 saturated carbocycles. The lowest BCUT2D eigenvalue weighted by Crippen LogP contribution is -2.15. The van der Waals surface area contributed by atoms with Crippen molar-refractivity contribution in [3.05, 3.63) is 23.9 Å². The van der Waals surface area contributed by atoms with Crippen LogP contribution in [0.2, 0.25) is 0 Å². The van der Waals surface area contributed by atoms with Gasteiger partial charge in [-0.05, 0) is 32.9 Å². The summed E-state index contributed by atoms with van der Waals surface area (Å²) < 4.78 is 0. The number of aliphatic carboxylic acids is 1. The first-order valence-corrected chi connectivity index (χ1v) is 6.08. The van der Waals surface area contributed by atoms with Gasteiger partial charge in [0.2, 0.25) is 0 Å². The van der Waals surface area contributed by atoms with Crippen LogP contribution in [-0.4, -0.2) is 39.9 Å². The molecule has 0 bridgehead atoms. The predicted octanol–water partition coefficient (Wildman–Crippen LogP) is 1.52. The number of ketones is 1. The molecule has 0 aliphatic rings. The number of carbonyl (C=O) groups is 2. The molecule has 1 rings (SSSR count). The van der Waals surface area contributed by atoms with E-state index in [1.54, 1.807) is 20.8 Å². The summed E-state index contributed by atoms with van der Waals surface area (Å²) >= 11 is 0. The molecule has 1 heterocycles. The number of carboxylic acid groups (broad SMARTS) is 1. The second-order valence-electron chi connectivity index (χ2n) is 3.85. The Morgan fingerprint density at radius 1 is 1.29 bits per heavy atom. The number of carbonyl (C=O) groups excluding carboxylic acids is 1. The lowest BCUT2D eigenvalue weighted by Gasteiger charge is -2.04. The zero-order valence-electron chi connectivity index (χ0n) is 11.9. The highest BCUT2D eigenvalue weighted by Gasteiger charge is 2.20. The van der Waals surface area contributed by atoms with E-state index in [0.717, 1.165) is 0 Å². The topological polar surface area (TPSA) is 110 Å². The predicted molar refractivity (Wildman–Crippen MR) is 74.7 cm³/mol. The average Bonchev–Trinajstić information content (AvgIpc) is 2.49. The normalized spacial score (nSPS) is 12.0. The second kappa shape index (κ2) is 7.73. The first kappa shape index (κ1) is 16.3. The van der Waals surface area contributed by atoms with Gasteiger partial charge in [0.05, 0.1) is 5.56 Å². The van der Waals surface area contributed by atoms with Gasteiger partial charge < -0.3 is 14.8 Å². The molecule has 0 spiro atoms. The van der Waals surface area contributed by atoms with Gasteiger partial charge in [-0.2, -0.15) is 0 Å². The van der Waals surface area contributed by atoms with Gasteiger partial charge in [-0.15, -0.1) is 0 Å². The van der Waals surface area contributed by atoms with Crippen molar-refractivity contribution in [1.29, 1.82) is 0 Å². The maximum atomic E-state index is 11.5. The van der Waals surface area contributed by atoms with Gasteiger partial charge in [-0.3, -0.25) is 4.79 Å². The highest BCUT2D eigenvalue weighted by molar-refractivity contribution is 6.41. The molecule has 21 heavy (non-hydrogen) atoms. The van der Waals surface area contributed by atoms with E-state index < -0.39 is 11.8 Å². The van der Waals surface area contributed by atoms with Crippen LogP contribution in [0.15, 0.2) is 28.6 Å².